The number of aromatic nitrogens is 1. The van der Waals surface area contributed by atoms with E-state index in [2.05, 4.69) is 52.9 Å². The van der Waals surface area contributed by atoms with Gasteiger partial charge in [0.15, 0.2) is 16.3 Å². The number of benzene rings is 4. The minimum atomic E-state index is -0.705. The van der Waals surface area contributed by atoms with Crippen molar-refractivity contribution >= 4 is 56.7 Å². The van der Waals surface area contributed by atoms with E-state index in [0.29, 0.717) is 57.7 Å². The van der Waals surface area contributed by atoms with E-state index in [4.69, 9.17) is 23.9 Å². The summed E-state index contributed by atoms with van der Waals surface area (Å²) in [6.07, 6.45) is 1.83. The lowest BCUT2D eigenvalue weighted by atomic mass is 9.96. The van der Waals surface area contributed by atoms with E-state index < -0.39 is 12.0 Å². The number of rotatable bonds is 11. The second-order valence-electron chi connectivity index (χ2n) is 11.0. The van der Waals surface area contributed by atoms with Gasteiger partial charge in [0.25, 0.3) is 5.56 Å². The fraction of sp³-hybridized carbons (Fsp3) is 0.237. The van der Waals surface area contributed by atoms with Crippen LogP contribution in [0.3, 0.4) is 0 Å². The molecule has 2 heterocycles. The quantitative estimate of drug-likeness (QED) is 0.107. The Hall–Kier alpha value is -4.42. The molecule has 0 unspecified atom stereocenters. The number of nitrogens with zero attached hydrogens (tertiary/aromatic N) is 2. The van der Waals surface area contributed by atoms with Gasteiger partial charge < -0.3 is 18.9 Å². The van der Waals surface area contributed by atoms with Crippen LogP contribution in [0, 0.1) is 3.57 Å². The molecule has 8 nitrogen and oxygen atoms in total. The largest absolute Gasteiger partial charge is 0.494 e. The van der Waals surface area contributed by atoms with Gasteiger partial charge in [-0.2, -0.15) is 0 Å². The Balaban J connectivity index is 1.38. The highest BCUT2D eigenvalue weighted by molar-refractivity contribution is 14.1. The molecule has 1 aliphatic heterocycles. The van der Waals surface area contributed by atoms with Gasteiger partial charge in [0.05, 0.1) is 45.2 Å². The molecule has 246 valence electrons. The number of allylic oxidation sites excluding steroid dienone is 1. The molecule has 0 N–H and O–H groups in total. The average Bonchev–Trinajstić information content (AvgIpc) is 3.38. The Bertz CT molecular complexity index is 2200. The van der Waals surface area contributed by atoms with Crippen molar-refractivity contribution < 1.29 is 23.7 Å². The molecule has 0 spiro atoms. The van der Waals surface area contributed by atoms with Crippen LogP contribution < -0.4 is 29.1 Å². The molecule has 0 radical (unpaired) electrons. The van der Waals surface area contributed by atoms with Crippen LogP contribution in [0.5, 0.6) is 17.2 Å². The number of hydrogen-bond acceptors (Lipinski definition) is 8. The lowest BCUT2D eigenvalue weighted by molar-refractivity contribution is -0.139. The molecule has 0 saturated carbocycles. The molecule has 10 heteroatoms. The number of halogens is 1. The number of esters is 1. The van der Waals surface area contributed by atoms with Crippen LogP contribution in [0.25, 0.3) is 16.8 Å². The van der Waals surface area contributed by atoms with Crippen molar-refractivity contribution in [1.82, 2.24) is 4.57 Å². The SMILES string of the molecule is CCOC(=O)C1=C(C)N=c2s/c(=C/c3cc(I)c(OCc4ccc5ccccc5c4)c(OCC)c3)c(=O)n2[C@@H]1c1ccc(OCC)cc1. The predicted molar refractivity (Wildman–Crippen MR) is 197 cm³/mol. The van der Waals surface area contributed by atoms with Crippen molar-refractivity contribution in [3.05, 3.63) is 130 Å². The Labute approximate surface area is 296 Å². The molecule has 1 aromatic heterocycles. The third kappa shape index (κ3) is 6.91. The second kappa shape index (κ2) is 14.8. The van der Waals surface area contributed by atoms with Gasteiger partial charge in [0, 0.05) is 0 Å². The van der Waals surface area contributed by atoms with E-state index in [-0.39, 0.29) is 12.2 Å². The van der Waals surface area contributed by atoms with E-state index in [9.17, 15) is 9.59 Å². The maximum Gasteiger partial charge on any atom is 0.338 e. The monoisotopic (exact) mass is 774 g/mol. The minimum Gasteiger partial charge on any atom is -0.494 e. The topological polar surface area (TPSA) is 88.4 Å². The van der Waals surface area contributed by atoms with Crippen LogP contribution in [0.2, 0.25) is 0 Å². The van der Waals surface area contributed by atoms with Gasteiger partial charge in [0.1, 0.15) is 12.4 Å². The summed E-state index contributed by atoms with van der Waals surface area (Å²) in [5.74, 6) is 1.45. The third-order valence-electron chi connectivity index (χ3n) is 7.85. The summed E-state index contributed by atoms with van der Waals surface area (Å²) < 4.78 is 26.3. The summed E-state index contributed by atoms with van der Waals surface area (Å²) in [6.45, 7) is 8.95. The molecule has 48 heavy (non-hydrogen) atoms. The van der Waals surface area contributed by atoms with E-state index in [1.165, 1.54) is 16.7 Å². The summed E-state index contributed by atoms with van der Waals surface area (Å²) >= 11 is 3.52. The molecule has 0 saturated heterocycles. The van der Waals surface area contributed by atoms with Crippen LogP contribution in [0.1, 0.15) is 50.4 Å². The van der Waals surface area contributed by atoms with Crippen molar-refractivity contribution in [2.75, 3.05) is 19.8 Å². The van der Waals surface area contributed by atoms with Crippen LogP contribution >= 0.6 is 33.9 Å². The third-order valence-corrected chi connectivity index (χ3v) is 9.63. The van der Waals surface area contributed by atoms with Gasteiger partial charge >= 0.3 is 5.97 Å². The van der Waals surface area contributed by atoms with Crippen molar-refractivity contribution in [3.63, 3.8) is 0 Å². The molecular weight excluding hydrogens is 739 g/mol. The van der Waals surface area contributed by atoms with Crippen molar-refractivity contribution in [2.45, 2.75) is 40.3 Å². The summed E-state index contributed by atoms with van der Waals surface area (Å²) in [6, 6.07) is 25.1. The van der Waals surface area contributed by atoms with Crippen molar-refractivity contribution in [1.29, 1.82) is 0 Å². The fourth-order valence-corrected chi connectivity index (χ4v) is 7.56. The van der Waals surface area contributed by atoms with Gasteiger partial charge in [-0.25, -0.2) is 9.79 Å². The summed E-state index contributed by atoms with van der Waals surface area (Å²) in [4.78, 5) is 32.6. The van der Waals surface area contributed by atoms with Gasteiger partial charge in [-0.1, -0.05) is 59.9 Å². The average molecular weight is 775 g/mol. The first-order valence-corrected chi connectivity index (χ1v) is 17.7. The van der Waals surface area contributed by atoms with E-state index in [0.717, 1.165) is 25.6 Å². The van der Waals surface area contributed by atoms with Crippen LogP contribution in [-0.2, 0) is 16.1 Å². The number of carbonyl (C=O) groups is 1. The first-order chi connectivity index (χ1) is 23.3. The van der Waals surface area contributed by atoms with Crippen molar-refractivity contribution in [2.24, 2.45) is 4.99 Å². The Kier molecular flexibility index (Phi) is 10.3. The molecule has 4 aromatic carbocycles. The van der Waals surface area contributed by atoms with Gasteiger partial charge in [0.2, 0.25) is 0 Å². The summed E-state index contributed by atoms with van der Waals surface area (Å²) in [5.41, 5.74) is 3.19. The molecule has 0 amide bonds. The predicted octanol–water partition coefficient (Wildman–Crippen LogP) is 6.93. The van der Waals surface area contributed by atoms with E-state index in [1.54, 1.807) is 18.4 Å². The lowest BCUT2D eigenvalue weighted by Gasteiger charge is -2.24. The Morgan fingerprint density at radius 1 is 0.917 bits per heavy atom. The van der Waals surface area contributed by atoms with Crippen LogP contribution in [0.4, 0.5) is 0 Å². The molecule has 6 rings (SSSR count). The first-order valence-electron chi connectivity index (χ1n) is 15.8. The van der Waals surface area contributed by atoms with Gasteiger partial charge in [-0.05, 0) is 114 Å². The van der Waals surface area contributed by atoms with Crippen molar-refractivity contribution in [3.8, 4) is 17.2 Å². The second-order valence-corrected chi connectivity index (χ2v) is 13.2. The maximum atomic E-state index is 14.1. The van der Waals surface area contributed by atoms with Gasteiger partial charge in [-0.3, -0.25) is 9.36 Å². The molecule has 0 bridgehead atoms. The number of fused-ring (bicyclic) bond motifs is 2. The molecule has 1 atom stereocenters. The normalized spacial score (nSPS) is 14.4. The number of thiazole rings is 1. The fourth-order valence-electron chi connectivity index (χ4n) is 5.73. The zero-order valence-corrected chi connectivity index (χ0v) is 30.1. The van der Waals surface area contributed by atoms with Gasteiger partial charge in [-0.15, -0.1) is 0 Å². The molecular formula is C38H35IN2O6S. The Morgan fingerprint density at radius 3 is 2.40 bits per heavy atom. The molecule has 1 aliphatic rings. The lowest BCUT2D eigenvalue weighted by Crippen LogP contribution is -2.39. The smallest absolute Gasteiger partial charge is 0.338 e. The highest BCUT2D eigenvalue weighted by Crippen LogP contribution is 2.36. The highest BCUT2D eigenvalue weighted by Gasteiger charge is 2.33. The summed E-state index contributed by atoms with van der Waals surface area (Å²) in [7, 11) is 0. The number of carbonyl (C=O) groups excluding carboxylic acids is 1. The van der Waals surface area contributed by atoms with Crippen LogP contribution in [0.15, 0.2) is 99.9 Å². The Morgan fingerprint density at radius 2 is 1.67 bits per heavy atom. The highest BCUT2D eigenvalue weighted by atomic mass is 127. The first kappa shape index (κ1) is 33.5. The maximum absolute atomic E-state index is 14.1. The van der Waals surface area contributed by atoms with Crippen LogP contribution in [-0.4, -0.2) is 30.4 Å². The molecule has 0 fully saturated rings. The molecule has 5 aromatic rings. The summed E-state index contributed by atoms with van der Waals surface area (Å²) in [5, 5.41) is 2.34. The molecule has 0 aliphatic carbocycles. The number of ether oxygens (including phenoxy) is 4. The zero-order chi connectivity index (χ0) is 33.8. The minimum absolute atomic E-state index is 0.207. The van der Waals surface area contributed by atoms with E-state index >= 15 is 0 Å². The number of hydrogen-bond donors (Lipinski definition) is 0. The standard InChI is InChI=1S/C38H35IN2O6S/c1-5-44-29-16-14-27(15-17-29)34-33(37(43)46-7-3)23(4)40-38-41(34)36(42)32(48-38)21-25-19-30(39)35(31(20-25)45-6-2)47-22-24-12-13-26-10-8-9-11-28(26)18-24/h8-21,34H,5-7,22H2,1-4H3/b32-21+/t34-/m1/s1. The van der Waals surface area contributed by atoms with E-state index in [1.807, 2.05) is 68.5 Å². The zero-order valence-electron chi connectivity index (χ0n) is 27.1.